The average Bonchev–Trinajstić information content (AvgIpc) is 2.53. The molecule has 1 aromatic carbocycles. The zero-order chi connectivity index (χ0) is 18.1. The fourth-order valence-electron chi connectivity index (χ4n) is 2.46. The summed E-state index contributed by atoms with van der Waals surface area (Å²) in [7, 11) is 3.18. The highest BCUT2D eigenvalue weighted by atomic mass is 16.5. The van der Waals surface area contributed by atoms with Crippen LogP contribution >= 0.6 is 0 Å². The molecule has 0 fully saturated rings. The minimum absolute atomic E-state index is 0.204. The second kappa shape index (κ2) is 9.80. The Hall–Kier alpha value is -2.24. The normalized spacial score (nSPS) is 11.9. The van der Waals surface area contributed by atoms with Gasteiger partial charge in [-0.25, -0.2) is 4.79 Å². The summed E-state index contributed by atoms with van der Waals surface area (Å²) in [5.41, 5.74) is 0.989. The summed E-state index contributed by atoms with van der Waals surface area (Å²) in [4.78, 5) is 23.1. The third-order valence-corrected chi connectivity index (χ3v) is 3.68. The minimum Gasteiger partial charge on any atom is -0.497 e. The van der Waals surface area contributed by atoms with E-state index in [1.54, 1.807) is 20.3 Å². The first-order valence-electron chi connectivity index (χ1n) is 8.10. The Morgan fingerprint density at radius 2 is 1.92 bits per heavy atom. The molecule has 1 amide bonds. The highest BCUT2D eigenvalue weighted by Gasteiger charge is 2.20. The van der Waals surface area contributed by atoms with E-state index >= 15 is 0 Å². The van der Waals surface area contributed by atoms with Crippen molar-refractivity contribution >= 4 is 11.9 Å². The van der Waals surface area contributed by atoms with Crippen LogP contribution in [0.25, 0.3) is 0 Å². The molecule has 1 rings (SSSR count). The van der Waals surface area contributed by atoms with Crippen molar-refractivity contribution in [2.24, 2.45) is 5.92 Å². The van der Waals surface area contributed by atoms with Gasteiger partial charge in [0.1, 0.15) is 17.5 Å². The number of rotatable bonds is 10. The number of carbonyl (C=O) groups excluding carboxylic acids is 1. The van der Waals surface area contributed by atoms with Gasteiger partial charge < -0.3 is 19.9 Å². The number of amides is 1. The molecular weight excluding hydrogens is 310 g/mol. The lowest BCUT2D eigenvalue weighted by atomic mass is 10.0. The van der Waals surface area contributed by atoms with Crippen LogP contribution in [0.2, 0.25) is 0 Å². The van der Waals surface area contributed by atoms with E-state index in [0.29, 0.717) is 25.0 Å². The van der Waals surface area contributed by atoms with Gasteiger partial charge in [-0.1, -0.05) is 19.9 Å². The molecule has 2 N–H and O–H groups in total. The summed E-state index contributed by atoms with van der Waals surface area (Å²) >= 11 is 0. The van der Waals surface area contributed by atoms with Gasteiger partial charge in [-0.3, -0.25) is 4.79 Å². The summed E-state index contributed by atoms with van der Waals surface area (Å²) in [5.74, 6) is 0.406. The Morgan fingerprint density at radius 1 is 1.21 bits per heavy atom. The van der Waals surface area contributed by atoms with Crippen molar-refractivity contribution in [3.63, 3.8) is 0 Å². The maximum absolute atomic E-state index is 12.0. The lowest BCUT2D eigenvalue weighted by molar-refractivity contribution is -0.142. The first-order chi connectivity index (χ1) is 11.4. The maximum Gasteiger partial charge on any atom is 0.326 e. The number of nitrogens with one attached hydrogen (secondary N) is 1. The van der Waals surface area contributed by atoms with E-state index in [9.17, 15) is 9.59 Å². The molecule has 1 aromatic rings. The summed E-state index contributed by atoms with van der Waals surface area (Å²) in [6.45, 7) is 3.86. The monoisotopic (exact) mass is 337 g/mol. The van der Waals surface area contributed by atoms with E-state index in [0.717, 1.165) is 11.3 Å². The number of carboxylic acid groups (broad SMARTS) is 1. The van der Waals surface area contributed by atoms with Crippen LogP contribution in [0.5, 0.6) is 11.5 Å². The lowest BCUT2D eigenvalue weighted by Crippen LogP contribution is -2.41. The molecule has 134 valence electrons. The third kappa shape index (κ3) is 6.48. The van der Waals surface area contributed by atoms with E-state index in [1.165, 1.54) is 0 Å². The topological polar surface area (TPSA) is 84.9 Å². The van der Waals surface area contributed by atoms with E-state index in [1.807, 2.05) is 26.0 Å². The number of aryl methyl sites for hydroxylation is 1. The molecule has 0 aliphatic rings. The zero-order valence-electron chi connectivity index (χ0n) is 14.8. The molecule has 0 radical (unpaired) electrons. The second-order valence-corrected chi connectivity index (χ2v) is 6.12. The summed E-state index contributed by atoms with van der Waals surface area (Å²) < 4.78 is 10.5. The first-order valence-corrected chi connectivity index (χ1v) is 8.10. The molecule has 0 aliphatic carbocycles. The molecule has 1 unspecified atom stereocenters. The van der Waals surface area contributed by atoms with Gasteiger partial charge in [-0.05, 0) is 36.8 Å². The standard InChI is InChI=1S/C18H27NO5/c1-12(2)10-15(18(21)22)19-17(20)7-5-6-13-8-9-14(23-3)11-16(13)24-4/h8-9,11-12,15H,5-7,10H2,1-4H3,(H,19,20)(H,21,22). The lowest BCUT2D eigenvalue weighted by Gasteiger charge is -2.16. The van der Waals surface area contributed by atoms with Crippen molar-refractivity contribution in [1.29, 1.82) is 0 Å². The largest absolute Gasteiger partial charge is 0.497 e. The van der Waals surface area contributed by atoms with Crippen molar-refractivity contribution in [3.05, 3.63) is 23.8 Å². The van der Waals surface area contributed by atoms with Crippen LogP contribution in [0.1, 0.15) is 38.7 Å². The van der Waals surface area contributed by atoms with Crippen LogP contribution in [0.15, 0.2) is 18.2 Å². The van der Waals surface area contributed by atoms with Crippen LogP contribution in [-0.2, 0) is 16.0 Å². The van der Waals surface area contributed by atoms with Crippen LogP contribution in [-0.4, -0.2) is 37.2 Å². The molecule has 0 aromatic heterocycles. The van der Waals surface area contributed by atoms with Crippen LogP contribution in [0, 0.1) is 5.92 Å². The van der Waals surface area contributed by atoms with Gasteiger partial charge in [0, 0.05) is 12.5 Å². The third-order valence-electron chi connectivity index (χ3n) is 3.68. The number of methoxy groups -OCH3 is 2. The van der Waals surface area contributed by atoms with E-state index in [-0.39, 0.29) is 18.2 Å². The quantitative estimate of drug-likeness (QED) is 0.685. The van der Waals surface area contributed by atoms with Gasteiger partial charge in [0.25, 0.3) is 0 Å². The van der Waals surface area contributed by atoms with E-state index in [2.05, 4.69) is 5.32 Å². The van der Waals surface area contributed by atoms with Crippen molar-refractivity contribution in [1.82, 2.24) is 5.32 Å². The van der Waals surface area contributed by atoms with Gasteiger partial charge in [0.05, 0.1) is 14.2 Å². The number of aliphatic carboxylic acids is 1. The van der Waals surface area contributed by atoms with E-state index < -0.39 is 12.0 Å². The maximum atomic E-state index is 12.0. The van der Waals surface area contributed by atoms with Gasteiger partial charge in [-0.2, -0.15) is 0 Å². The molecule has 6 nitrogen and oxygen atoms in total. The Labute approximate surface area is 143 Å². The Morgan fingerprint density at radius 3 is 2.46 bits per heavy atom. The Bertz CT molecular complexity index is 556. The van der Waals surface area contributed by atoms with Gasteiger partial charge >= 0.3 is 5.97 Å². The molecule has 0 saturated carbocycles. The Kier molecular flexibility index (Phi) is 8.09. The number of benzene rings is 1. The molecule has 1 atom stereocenters. The summed E-state index contributed by atoms with van der Waals surface area (Å²) in [6, 6.07) is 4.74. The van der Waals surface area contributed by atoms with Crippen LogP contribution in [0.3, 0.4) is 0 Å². The summed E-state index contributed by atoms with van der Waals surface area (Å²) in [5, 5.41) is 11.7. The molecule has 0 spiro atoms. The highest BCUT2D eigenvalue weighted by molar-refractivity contribution is 5.83. The van der Waals surface area contributed by atoms with Gasteiger partial charge in [0.15, 0.2) is 0 Å². The highest BCUT2D eigenvalue weighted by Crippen LogP contribution is 2.25. The minimum atomic E-state index is -0.992. The smallest absolute Gasteiger partial charge is 0.326 e. The van der Waals surface area contributed by atoms with Crippen molar-refractivity contribution in [2.75, 3.05) is 14.2 Å². The number of ether oxygens (including phenoxy) is 2. The molecule has 24 heavy (non-hydrogen) atoms. The second-order valence-electron chi connectivity index (χ2n) is 6.12. The van der Waals surface area contributed by atoms with Crippen molar-refractivity contribution < 1.29 is 24.2 Å². The van der Waals surface area contributed by atoms with Crippen molar-refractivity contribution in [3.8, 4) is 11.5 Å². The first kappa shape index (κ1) is 19.8. The van der Waals surface area contributed by atoms with Gasteiger partial charge in [0.2, 0.25) is 5.91 Å². The van der Waals surface area contributed by atoms with E-state index in [4.69, 9.17) is 14.6 Å². The van der Waals surface area contributed by atoms with Crippen LogP contribution < -0.4 is 14.8 Å². The number of carbonyl (C=O) groups is 2. The predicted octanol–water partition coefficient (Wildman–Crippen LogP) is 2.64. The average molecular weight is 337 g/mol. The SMILES string of the molecule is COc1ccc(CCCC(=O)NC(CC(C)C)C(=O)O)c(OC)c1. The van der Waals surface area contributed by atoms with Crippen LogP contribution in [0.4, 0.5) is 0 Å². The van der Waals surface area contributed by atoms with Gasteiger partial charge in [-0.15, -0.1) is 0 Å². The molecule has 0 aliphatic heterocycles. The zero-order valence-corrected chi connectivity index (χ0v) is 14.8. The molecule has 0 heterocycles. The molecular formula is C18H27NO5. The number of hydrogen-bond acceptors (Lipinski definition) is 4. The van der Waals surface area contributed by atoms with Crippen molar-refractivity contribution in [2.45, 2.75) is 45.6 Å². The molecule has 0 bridgehead atoms. The fourth-order valence-corrected chi connectivity index (χ4v) is 2.46. The predicted molar refractivity (Wildman–Crippen MR) is 91.5 cm³/mol. The fraction of sp³-hybridized carbons (Fsp3) is 0.556. The number of carboxylic acids is 1. The molecule has 0 saturated heterocycles. The number of hydrogen-bond donors (Lipinski definition) is 2. The summed E-state index contributed by atoms with van der Waals surface area (Å²) in [6.07, 6.45) is 1.98. The Balaban J connectivity index is 2.52. The molecule has 6 heteroatoms.